The molecule has 0 saturated carbocycles. The number of piperidine rings is 2. The van der Waals surface area contributed by atoms with Gasteiger partial charge in [-0.2, -0.15) is 0 Å². The lowest BCUT2D eigenvalue weighted by atomic mass is 9.83. The van der Waals surface area contributed by atoms with Crippen LogP contribution in [0.5, 0.6) is 5.75 Å². The van der Waals surface area contributed by atoms with Gasteiger partial charge < -0.3 is 19.9 Å². The van der Waals surface area contributed by atoms with E-state index in [9.17, 15) is 9.59 Å². The van der Waals surface area contributed by atoms with Crippen molar-refractivity contribution in [3.8, 4) is 5.75 Å². The fourth-order valence-electron chi connectivity index (χ4n) is 4.04. The minimum absolute atomic E-state index is 0.00771. The average Bonchev–Trinajstić information content (AvgIpc) is 2.66. The van der Waals surface area contributed by atoms with Crippen molar-refractivity contribution in [1.82, 2.24) is 15.1 Å². The van der Waals surface area contributed by atoms with E-state index >= 15 is 0 Å². The Labute approximate surface area is 159 Å². The van der Waals surface area contributed by atoms with Crippen LogP contribution in [0.2, 0.25) is 5.02 Å². The fourth-order valence-corrected chi connectivity index (χ4v) is 4.30. The standard InChI is InChI=1S/C19H26ClN3O3/c1-21-8-10-23-16-7-9-22(12-14(16)4-6-18(23)24)19(25)13-3-5-17(26-2)15(20)11-13/h3,5,11,14,16,21H,4,6-10,12H2,1-2H3/t14-,16+/m0/s1. The first kappa shape index (κ1) is 19.0. The number of methoxy groups -OCH3 is 1. The Morgan fingerprint density at radius 1 is 1.38 bits per heavy atom. The van der Waals surface area contributed by atoms with Crippen LogP contribution in [0.1, 0.15) is 29.6 Å². The summed E-state index contributed by atoms with van der Waals surface area (Å²) in [6.45, 7) is 2.88. The van der Waals surface area contributed by atoms with Gasteiger partial charge in [0, 0.05) is 44.2 Å². The first-order valence-corrected chi connectivity index (χ1v) is 9.49. The van der Waals surface area contributed by atoms with E-state index in [1.54, 1.807) is 25.3 Å². The number of hydrogen-bond donors (Lipinski definition) is 1. The number of likely N-dealkylation sites (tertiary alicyclic amines) is 2. The van der Waals surface area contributed by atoms with Crippen LogP contribution in [0.4, 0.5) is 0 Å². The van der Waals surface area contributed by atoms with Gasteiger partial charge in [-0.05, 0) is 44.0 Å². The summed E-state index contributed by atoms with van der Waals surface area (Å²) >= 11 is 6.16. The number of hydrogen-bond acceptors (Lipinski definition) is 4. The van der Waals surface area contributed by atoms with Crippen LogP contribution >= 0.6 is 11.6 Å². The summed E-state index contributed by atoms with van der Waals surface area (Å²) in [5.74, 6) is 1.14. The van der Waals surface area contributed by atoms with E-state index in [2.05, 4.69) is 5.32 Å². The summed E-state index contributed by atoms with van der Waals surface area (Å²) in [5.41, 5.74) is 0.577. The third-order valence-corrected chi connectivity index (χ3v) is 5.73. The van der Waals surface area contributed by atoms with Gasteiger partial charge in [-0.3, -0.25) is 9.59 Å². The Hall–Kier alpha value is -1.79. The number of halogens is 1. The summed E-state index contributed by atoms with van der Waals surface area (Å²) < 4.78 is 5.15. The molecular formula is C19H26ClN3O3. The summed E-state index contributed by atoms with van der Waals surface area (Å²) in [5, 5.41) is 3.55. The average molecular weight is 380 g/mol. The fraction of sp³-hybridized carbons (Fsp3) is 0.579. The molecule has 6 nitrogen and oxygen atoms in total. The zero-order valence-corrected chi connectivity index (χ0v) is 16.1. The topological polar surface area (TPSA) is 61.9 Å². The third kappa shape index (κ3) is 3.81. The van der Waals surface area contributed by atoms with Gasteiger partial charge in [0.15, 0.2) is 0 Å². The van der Waals surface area contributed by atoms with E-state index in [-0.39, 0.29) is 17.9 Å². The van der Waals surface area contributed by atoms with Crippen LogP contribution in [0, 0.1) is 5.92 Å². The Morgan fingerprint density at radius 2 is 2.19 bits per heavy atom. The Bertz CT molecular complexity index is 682. The molecule has 2 heterocycles. The molecule has 0 spiro atoms. The van der Waals surface area contributed by atoms with Gasteiger partial charge in [-0.25, -0.2) is 0 Å². The summed E-state index contributed by atoms with van der Waals surface area (Å²) in [6.07, 6.45) is 2.25. The summed E-state index contributed by atoms with van der Waals surface area (Å²) in [4.78, 5) is 29.1. The Morgan fingerprint density at radius 3 is 2.88 bits per heavy atom. The van der Waals surface area contributed by atoms with Crippen molar-refractivity contribution in [2.24, 2.45) is 5.92 Å². The second kappa shape index (κ2) is 8.27. The molecule has 142 valence electrons. The number of rotatable bonds is 5. The van der Waals surface area contributed by atoms with Gasteiger partial charge in [0.1, 0.15) is 5.75 Å². The zero-order chi connectivity index (χ0) is 18.7. The lowest BCUT2D eigenvalue weighted by Crippen LogP contribution is -2.57. The zero-order valence-electron chi connectivity index (χ0n) is 15.3. The van der Waals surface area contributed by atoms with Crippen LogP contribution in [-0.4, -0.2) is 68.0 Å². The number of nitrogens with one attached hydrogen (secondary N) is 1. The first-order valence-electron chi connectivity index (χ1n) is 9.12. The quantitative estimate of drug-likeness (QED) is 0.850. The van der Waals surface area contributed by atoms with Crippen LogP contribution < -0.4 is 10.1 Å². The lowest BCUT2D eigenvalue weighted by Gasteiger charge is -2.47. The van der Waals surface area contributed by atoms with Gasteiger partial charge in [0.05, 0.1) is 12.1 Å². The van der Waals surface area contributed by atoms with Gasteiger partial charge >= 0.3 is 0 Å². The van der Waals surface area contributed by atoms with Crippen molar-refractivity contribution < 1.29 is 14.3 Å². The Balaban J connectivity index is 1.69. The van der Waals surface area contributed by atoms with Gasteiger partial charge in [-0.1, -0.05) is 11.6 Å². The summed E-state index contributed by atoms with van der Waals surface area (Å²) in [7, 11) is 3.45. The number of carbonyl (C=O) groups excluding carboxylic acids is 2. The van der Waals surface area contributed by atoms with Gasteiger partial charge in [0.25, 0.3) is 5.91 Å². The minimum Gasteiger partial charge on any atom is -0.495 e. The number of likely N-dealkylation sites (N-methyl/N-ethyl adjacent to an activating group) is 1. The highest BCUT2D eigenvalue weighted by Crippen LogP contribution is 2.32. The number of ether oxygens (including phenoxy) is 1. The predicted molar refractivity (Wildman–Crippen MR) is 101 cm³/mol. The molecule has 2 saturated heterocycles. The molecule has 2 atom stereocenters. The van der Waals surface area contributed by atoms with E-state index in [0.29, 0.717) is 41.8 Å². The minimum atomic E-state index is -0.00771. The van der Waals surface area contributed by atoms with Crippen molar-refractivity contribution in [2.75, 3.05) is 40.3 Å². The van der Waals surface area contributed by atoms with E-state index in [0.717, 1.165) is 25.9 Å². The van der Waals surface area contributed by atoms with E-state index in [1.807, 2.05) is 16.8 Å². The molecule has 7 heteroatoms. The maximum Gasteiger partial charge on any atom is 0.253 e. The molecule has 2 fully saturated rings. The Kier molecular flexibility index (Phi) is 6.04. The van der Waals surface area contributed by atoms with Crippen LogP contribution in [0.3, 0.4) is 0 Å². The molecule has 0 bridgehead atoms. The van der Waals surface area contributed by atoms with Crippen molar-refractivity contribution in [3.63, 3.8) is 0 Å². The predicted octanol–water partition coefficient (Wildman–Crippen LogP) is 2.02. The maximum absolute atomic E-state index is 12.9. The molecule has 26 heavy (non-hydrogen) atoms. The van der Waals surface area contributed by atoms with Crippen molar-refractivity contribution in [3.05, 3.63) is 28.8 Å². The molecule has 1 N–H and O–H groups in total. The number of benzene rings is 1. The first-order chi connectivity index (χ1) is 12.5. The number of nitrogens with zero attached hydrogens (tertiary/aromatic N) is 2. The van der Waals surface area contributed by atoms with Crippen molar-refractivity contribution in [2.45, 2.75) is 25.3 Å². The normalized spacial score (nSPS) is 23.0. The van der Waals surface area contributed by atoms with Gasteiger partial charge in [-0.15, -0.1) is 0 Å². The molecule has 0 aliphatic carbocycles. The SMILES string of the molecule is CNCCN1C(=O)CC[C@H]2CN(C(=O)c3ccc(OC)c(Cl)c3)CC[C@H]21. The molecule has 0 aromatic heterocycles. The van der Waals surface area contributed by atoms with Crippen LogP contribution in [-0.2, 0) is 4.79 Å². The molecule has 1 aromatic rings. The molecule has 3 rings (SSSR count). The van der Waals surface area contributed by atoms with Crippen molar-refractivity contribution >= 4 is 23.4 Å². The molecule has 2 amide bonds. The highest BCUT2D eigenvalue weighted by Gasteiger charge is 2.40. The van der Waals surface area contributed by atoms with E-state index in [4.69, 9.17) is 16.3 Å². The highest BCUT2D eigenvalue weighted by atomic mass is 35.5. The summed E-state index contributed by atoms with van der Waals surface area (Å²) in [6, 6.07) is 5.38. The molecule has 2 aliphatic heterocycles. The van der Waals surface area contributed by atoms with E-state index < -0.39 is 0 Å². The number of carbonyl (C=O) groups is 2. The highest BCUT2D eigenvalue weighted by molar-refractivity contribution is 6.32. The monoisotopic (exact) mass is 379 g/mol. The molecule has 1 aromatic carbocycles. The molecule has 2 aliphatic rings. The third-order valence-electron chi connectivity index (χ3n) is 5.43. The second-order valence-corrected chi connectivity index (χ2v) is 7.35. The van der Waals surface area contributed by atoms with Crippen LogP contribution in [0.25, 0.3) is 0 Å². The smallest absolute Gasteiger partial charge is 0.253 e. The largest absolute Gasteiger partial charge is 0.495 e. The van der Waals surface area contributed by atoms with Crippen molar-refractivity contribution in [1.29, 1.82) is 0 Å². The maximum atomic E-state index is 12.9. The molecular weight excluding hydrogens is 354 g/mol. The molecule has 0 radical (unpaired) electrons. The number of fused-ring (bicyclic) bond motifs is 1. The van der Waals surface area contributed by atoms with E-state index in [1.165, 1.54) is 0 Å². The number of amides is 2. The second-order valence-electron chi connectivity index (χ2n) is 6.95. The van der Waals surface area contributed by atoms with Crippen LogP contribution in [0.15, 0.2) is 18.2 Å². The molecule has 0 unspecified atom stereocenters. The van der Waals surface area contributed by atoms with Gasteiger partial charge in [0.2, 0.25) is 5.91 Å². The lowest BCUT2D eigenvalue weighted by molar-refractivity contribution is -0.140.